The first-order valence-electron chi connectivity index (χ1n) is 7.19. The standard InChI is InChI=1S/C14H20N4O2/c1-3-10-6-11(17(2)16-10)8-18-12(19)7-15-14(20)13(18)9-4-5-9/h6,9,13H,3-5,7-8H2,1-2H3,(H,15,20). The lowest BCUT2D eigenvalue weighted by atomic mass is 10.1. The Bertz CT molecular complexity index is 547. The Balaban J connectivity index is 1.83. The van der Waals surface area contributed by atoms with Crippen molar-refractivity contribution in [2.24, 2.45) is 13.0 Å². The second-order valence-corrected chi connectivity index (χ2v) is 5.63. The van der Waals surface area contributed by atoms with Gasteiger partial charge in [-0.2, -0.15) is 5.10 Å². The minimum absolute atomic E-state index is 0.000693. The summed E-state index contributed by atoms with van der Waals surface area (Å²) < 4.78 is 1.81. The molecule has 2 heterocycles. The number of aryl methyl sites for hydroxylation is 2. The molecule has 2 fully saturated rings. The number of hydrogen-bond donors (Lipinski definition) is 1. The van der Waals surface area contributed by atoms with Gasteiger partial charge in [-0.3, -0.25) is 14.3 Å². The Kier molecular flexibility index (Phi) is 3.23. The predicted octanol–water partition coefficient (Wildman–Crippen LogP) is 0.219. The van der Waals surface area contributed by atoms with Gasteiger partial charge in [0.15, 0.2) is 0 Å². The van der Waals surface area contributed by atoms with Crippen LogP contribution in [0.4, 0.5) is 0 Å². The van der Waals surface area contributed by atoms with E-state index in [-0.39, 0.29) is 24.4 Å². The van der Waals surface area contributed by atoms with Gasteiger partial charge in [-0.25, -0.2) is 0 Å². The number of nitrogens with zero attached hydrogens (tertiary/aromatic N) is 3. The van der Waals surface area contributed by atoms with E-state index in [1.165, 1.54) is 0 Å². The Labute approximate surface area is 118 Å². The summed E-state index contributed by atoms with van der Waals surface area (Å²) in [5.74, 6) is 0.323. The van der Waals surface area contributed by atoms with E-state index in [4.69, 9.17) is 0 Å². The maximum absolute atomic E-state index is 12.2. The number of amides is 2. The monoisotopic (exact) mass is 276 g/mol. The molecule has 108 valence electrons. The molecule has 2 amide bonds. The van der Waals surface area contributed by atoms with Crippen LogP contribution in [0.25, 0.3) is 0 Å². The van der Waals surface area contributed by atoms with E-state index in [1.54, 1.807) is 4.90 Å². The van der Waals surface area contributed by atoms with E-state index in [9.17, 15) is 9.59 Å². The first-order valence-corrected chi connectivity index (χ1v) is 7.19. The molecule has 1 saturated heterocycles. The molecule has 0 spiro atoms. The molecule has 1 aromatic heterocycles. The van der Waals surface area contributed by atoms with Gasteiger partial charge in [0.05, 0.1) is 24.5 Å². The molecule has 2 aliphatic rings. The summed E-state index contributed by atoms with van der Waals surface area (Å²) in [6.45, 7) is 2.63. The Hall–Kier alpha value is -1.85. The smallest absolute Gasteiger partial charge is 0.243 e. The molecule has 20 heavy (non-hydrogen) atoms. The van der Waals surface area contributed by atoms with E-state index in [1.807, 2.05) is 17.8 Å². The van der Waals surface area contributed by atoms with Crippen molar-refractivity contribution in [2.75, 3.05) is 6.54 Å². The lowest BCUT2D eigenvalue weighted by molar-refractivity contribution is -0.147. The minimum Gasteiger partial charge on any atom is -0.345 e. The molecule has 6 heteroatoms. The molecule has 1 saturated carbocycles. The van der Waals surface area contributed by atoms with Crippen LogP contribution >= 0.6 is 0 Å². The first kappa shape index (κ1) is 13.1. The van der Waals surface area contributed by atoms with Gasteiger partial charge < -0.3 is 10.2 Å². The van der Waals surface area contributed by atoms with Crippen molar-refractivity contribution in [1.29, 1.82) is 0 Å². The normalized spacial score (nSPS) is 23.1. The molecule has 0 radical (unpaired) electrons. The van der Waals surface area contributed by atoms with Crippen molar-refractivity contribution in [3.8, 4) is 0 Å². The number of carbonyl (C=O) groups excluding carboxylic acids is 2. The van der Waals surface area contributed by atoms with Crippen LogP contribution in [0.15, 0.2) is 6.07 Å². The van der Waals surface area contributed by atoms with Gasteiger partial charge in [0.25, 0.3) is 0 Å². The van der Waals surface area contributed by atoms with Crippen LogP contribution in [0.3, 0.4) is 0 Å². The molecule has 3 rings (SSSR count). The average Bonchev–Trinajstić information content (AvgIpc) is 3.19. The lowest BCUT2D eigenvalue weighted by Gasteiger charge is -2.35. The molecule has 6 nitrogen and oxygen atoms in total. The number of piperazine rings is 1. The predicted molar refractivity (Wildman–Crippen MR) is 72.7 cm³/mol. The van der Waals surface area contributed by atoms with Crippen LogP contribution < -0.4 is 5.32 Å². The van der Waals surface area contributed by atoms with E-state index in [2.05, 4.69) is 17.3 Å². The van der Waals surface area contributed by atoms with Crippen molar-refractivity contribution in [1.82, 2.24) is 20.0 Å². The highest BCUT2D eigenvalue weighted by molar-refractivity contribution is 5.95. The molecule has 1 N–H and O–H groups in total. The maximum Gasteiger partial charge on any atom is 0.243 e. The van der Waals surface area contributed by atoms with Crippen molar-refractivity contribution >= 4 is 11.8 Å². The van der Waals surface area contributed by atoms with Crippen molar-refractivity contribution < 1.29 is 9.59 Å². The maximum atomic E-state index is 12.2. The number of carbonyl (C=O) groups is 2. The Morgan fingerprint density at radius 3 is 2.75 bits per heavy atom. The highest BCUT2D eigenvalue weighted by Crippen LogP contribution is 2.37. The summed E-state index contributed by atoms with van der Waals surface area (Å²) in [5, 5.41) is 7.10. The van der Waals surface area contributed by atoms with Crippen LogP contribution in [0.5, 0.6) is 0 Å². The van der Waals surface area contributed by atoms with Gasteiger partial charge in [0, 0.05) is 7.05 Å². The van der Waals surface area contributed by atoms with E-state index >= 15 is 0 Å². The third kappa shape index (κ3) is 2.30. The number of aromatic nitrogens is 2. The number of hydrogen-bond acceptors (Lipinski definition) is 3. The van der Waals surface area contributed by atoms with Crippen molar-refractivity contribution in [3.05, 3.63) is 17.5 Å². The largest absolute Gasteiger partial charge is 0.345 e. The summed E-state index contributed by atoms with van der Waals surface area (Å²) in [5.41, 5.74) is 2.00. The second kappa shape index (κ2) is 4.92. The second-order valence-electron chi connectivity index (χ2n) is 5.63. The summed E-state index contributed by atoms with van der Waals surface area (Å²) in [4.78, 5) is 25.9. The van der Waals surface area contributed by atoms with Gasteiger partial charge in [-0.15, -0.1) is 0 Å². The Morgan fingerprint density at radius 1 is 1.40 bits per heavy atom. The molecule has 1 aliphatic heterocycles. The van der Waals surface area contributed by atoms with E-state index < -0.39 is 0 Å². The number of rotatable bonds is 4. The van der Waals surface area contributed by atoms with Crippen LogP contribution in [0.2, 0.25) is 0 Å². The lowest BCUT2D eigenvalue weighted by Crippen LogP contribution is -2.58. The molecular formula is C14H20N4O2. The quantitative estimate of drug-likeness (QED) is 0.855. The third-order valence-electron chi connectivity index (χ3n) is 4.13. The van der Waals surface area contributed by atoms with Crippen molar-refractivity contribution in [2.45, 2.75) is 38.8 Å². The fourth-order valence-electron chi connectivity index (χ4n) is 2.80. The molecule has 1 aliphatic carbocycles. The fourth-order valence-corrected chi connectivity index (χ4v) is 2.80. The highest BCUT2D eigenvalue weighted by atomic mass is 16.2. The zero-order valence-corrected chi connectivity index (χ0v) is 11.9. The van der Waals surface area contributed by atoms with Crippen LogP contribution in [0.1, 0.15) is 31.2 Å². The van der Waals surface area contributed by atoms with Crippen LogP contribution in [-0.2, 0) is 29.6 Å². The van der Waals surface area contributed by atoms with Crippen LogP contribution in [-0.4, -0.2) is 39.1 Å². The van der Waals surface area contributed by atoms with Gasteiger partial charge in [0.1, 0.15) is 6.04 Å². The summed E-state index contributed by atoms with van der Waals surface area (Å²) in [6, 6.07) is 1.72. The van der Waals surface area contributed by atoms with E-state index in [0.717, 1.165) is 30.7 Å². The third-order valence-corrected chi connectivity index (χ3v) is 4.13. The van der Waals surface area contributed by atoms with E-state index in [0.29, 0.717) is 12.5 Å². The summed E-state index contributed by atoms with van der Waals surface area (Å²) >= 11 is 0. The minimum atomic E-state index is -0.295. The zero-order chi connectivity index (χ0) is 14.3. The molecular weight excluding hydrogens is 256 g/mol. The summed E-state index contributed by atoms with van der Waals surface area (Å²) in [7, 11) is 1.88. The molecule has 1 aromatic rings. The molecule has 0 aromatic carbocycles. The Morgan fingerprint density at radius 2 is 2.15 bits per heavy atom. The number of nitrogens with one attached hydrogen (secondary N) is 1. The SMILES string of the molecule is CCc1cc(CN2C(=O)CNC(=O)C2C2CC2)n(C)n1. The topological polar surface area (TPSA) is 67.2 Å². The first-order chi connectivity index (χ1) is 9.60. The van der Waals surface area contributed by atoms with Gasteiger partial charge in [-0.1, -0.05) is 6.92 Å². The molecule has 1 atom stereocenters. The zero-order valence-electron chi connectivity index (χ0n) is 11.9. The van der Waals surface area contributed by atoms with Crippen LogP contribution in [0, 0.1) is 5.92 Å². The highest BCUT2D eigenvalue weighted by Gasteiger charge is 2.44. The van der Waals surface area contributed by atoms with Gasteiger partial charge in [-0.05, 0) is 31.2 Å². The molecule has 0 bridgehead atoms. The van der Waals surface area contributed by atoms with Gasteiger partial charge in [0.2, 0.25) is 11.8 Å². The fraction of sp³-hybridized carbons (Fsp3) is 0.643. The van der Waals surface area contributed by atoms with Gasteiger partial charge >= 0.3 is 0 Å². The average molecular weight is 276 g/mol. The summed E-state index contributed by atoms with van der Waals surface area (Å²) in [6.07, 6.45) is 2.94. The van der Waals surface area contributed by atoms with Crippen molar-refractivity contribution in [3.63, 3.8) is 0 Å². The molecule has 1 unspecified atom stereocenters.